The van der Waals surface area contributed by atoms with Gasteiger partial charge in [-0.25, -0.2) is 4.79 Å². The molecule has 0 unspecified atom stereocenters. The van der Waals surface area contributed by atoms with E-state index in [0.29, 0.717) is 12.8 Å². The lowest BCUT2D eigenvalue weighted by Crippen LogP contribution is -2.59. The van der Waals surface area contributed by atoms with E-state index in [0.717, 1.165) is 0 Å². The molecule has 0 heterocycles. The third-order valence-electron chi connectivity index (χ3n) is 6.03. The van der Waals surface area contributed by atoms with Crippen molar-refractivity contribution in [3.8, 4) is 0 Å². The van der Waals surface area contributed by atoms with Crippen LogP contribution in [0.3, 0.4) is 0 Å². The second-order valence-electron chi connectivity index (χ2n) is 10.5. The van der Waals surface area contributed by atoms with Gasteiger partial charge in [-0.15, -0.1) is 0 Å². The van der Waals surface area contributed by atoms with Gasteiger partial charge in [-0.1, -0.05) is 41.5 Å². The molecule has 0 aliphatic rings. The molecule has 0 aromatic heterocycles. The van der Waals surface area contributed by atoms with E-state index in [1.807, 2.05) is 27.7 Å². The first-order valence-electron chi connectivity index (χ1n) is 12.6. The molecular formula is C25H48N6O5. The molecule has 0 fully saturated rings. The summed E-state index contributed by atoms with van der Waals surface area (Å²) in [7, 11) is 6.20. The summed E-state index contributed by atoms with van der Waals surface area (Å²) in [5.41, 5.74) is 0. The lowest BCUT2D eigenvalue weighted by atomic mass is 9.98. The molecule has 6 amide bonds. The molecule has 4 N–H and O–H groups in total. The standard InChI is InChI=1S/C25H48N6O5/c1-14(2)12-18(26-8)22(33)29-21(32)17(7)28-25(36)31(11)20(16(5)6)24(35)30(10)19(13-15(3)4)23(34)27-9/h14-20,26H,12-13H2,1-11H3,(H,27,34)(H,28,36)(H,29,32,33)/t17-,18+,19-,20-/m1/s1. The number of urea groups is 1. The van der Waals surface area contributed by atoms with Crippen molar-refractivity contribution < 1.29 is 24.0 Å². The van der Waals surface area contributed by atoms with Crippen molar-refractivity contribution in [1.29, 1.82) is 0 Å². The average molecular weight is 513 g/mol. The molecule has 0 saturated carbocycles. The Labute approximate surface area is 216 Å². The van der Waals surface area contributed by atoms with Crippen LogP contribution in [0.2, 0.25) is 0 Å². The van der Waals surface area contributed by atoms with Crippen molar-refractivity contribution in [3.63, 3.8) is 0 Å². The Morgan fingerprint density at radius 3 is 1.67 bits per heavy atom. The van der Waals surface area contributed by atoms with Gasteiger partial charge in [-0.2, -0.15) is 0 Å². The second kappa shape index (κ2) is 15.4. The highest BCUT2D eigenvalue weighted by Crippen LogP contribution is 2.18. The summed E-state index contributed by atoms with van der Waals surface area (Å²) in [6, 6.07) is -3.73. The summed E-state index contributed by atoms with van der Waals surface area (Å²) in [6.45, 7) is 13.0. The van der Waals surface area contributed by atoms with E-state index in [1.165, 1.54) is 30.8 Å². The van der Waals surface area contributed by atoms with E-state index < -0.39 is 42.0 Å². The smallest absolute Gasteiger partial charge is 0.318 e. The van der Waals surface area contributed by atoms with E-state index >= 15 is 0 Å². The molecule has 0 rings (SSSR count). The highest BCUT2D eigenvalue weighted by atomic mass is 16.2. The molecule has 208 valence electrons. The maximum absolute atomic E-state index is 13.4. The average Bonchev–Trinajstić information content (AvgIpc) is 2.78. The van der Waals surface area contributed by atoms with Crippen LogP contribution in [0.15, 0.2) is 0 Å². The molecule has 0 aromatic carbocycles. The van der Waals surface area contributed by atoms with Crippen molar-refractivity contribution in [3.05, 3.63) is 0 Å². The number of hydrogen-bond donors (Lipinski definition) is 4. The molecule has 0 saturated heterocycles. The number of carbonyl (C=O) groups excluding carboxylic acids is 5. The lowest BCUT2D eigenvalue weighted by Gasteiger charge is -2.36. The fourth-order valence-electron chi connectivity index (χ4n) is 3.94. The van der Waals surface area contributed by atoms with E-state index in [2.05, 4.69) is 21.3 Å². The number of imide groups is 1. The van der Waals surface area contributed by atoms with Crippen LogP contribution in [0.25, 0.3) is 0 Å². The van der Waals surface area contributed by atoms with Crippen molar-refractivity contribution in [2.24, 2.45) is 17.8 Å². The molecule has 11 heteroatoms. The van der Waals surface area contributed by atoms with Gasteiger partial charge in [0.2, 0.25) is 23.6 Å². The third-order valence-corrected chi connectivity index (χ3v) is 6.03. The van der Waals surface area contributed by atoms with Gasteiger partial charge < -0.3 is 25.8 Å². The zero-order valence-electron chi connectivity index (χ0n) is 23.9. The van der Waals surface area contributed by atoms with Gasteiger partial charge in [-0.3, -0.25) is 24.5 Å². The van der Waals surface area contributed by atoms with Crippen LogP contribution in [0.1, 0.15) is 61.3 Å². The Balaban J connectivity index is 5.46. The van der Waals surface area contributed by atoms with E-state index in [1.54, 1.807) is 27.9 Å². The van der Waals surface area contributed by atoms with Crippen LogP contribution >= 0.6 is 0 Å². The molecule has 36 heavy (non-hydrogen) atoms. The van der Waals surface area contributed by atoms with Gasteiger partial charge in [0.1, 0.15) is 18.1 Å². The molecule has 11 nitrogen and oxygen atoms in total. The molecule has 0 radical (unpaired) electrons. The first-order chi connectivity index (χ1) is 16.6. The van der Waals surface area contributed by atoms with Crippen LogP contribution in [-0.2, 0) is 19.2 Å². The highest BCUT2D eigenvalue weighted by Gasteiger charge is 2.37. The summed E-state index contributed by atoms with van der Waals surface area (Å²) in [6.07, 6.45) is 1.02. The normalized spacial score (nSPS) is 14.6. The Kier molecular flexibility index (Phi) is 14.3. The number of rotatable bonds is 13. The summed E-state index contributed by atoms with van der Waals surface area (Å²) in [5, 5.41) is 10.4. The van der Waals surface area contributed by atoms with Gasteiger partial charge >= 0.3 is 6.03 Å². The molecule has 4 atom stereocenters. The van der Waals surface area contributed by atoms with Crippen LogP contribution < -0.4 is 21.3 Å². The zero-order valence-corrected chi connectivity index (χ0v) is 23.9. The third kappa shape index (κ3) is 10.1. The van der Waals surface area contributed by atoms with Crippen LogP contribution in [0.4, 0.5) is 4.79 Å². The number of likely N-dealkylation sites (N-methyl/N-ethyl adjacent to an activating group) is 4. The van der Waals surface area contributed by atoms with Crippen molar-refractivity contribution in [2.75, 3.05) is 28.2 Å². The fraction of sp³-hybridized carbons (Fsp3) is 0.800. The number of nitrogens with one attached hydrogen (secondary N) is 4. The first kappa shape index (κ1) is 33.3. The zero-order chi connectivity index (χ0) is 28.3. The van der Waals surface area contributed by atoms with E-state index in [-0.39, 0.29) is 29.6 Å². The number of nitrogens with zero attached hydrogens (tertiary/aromatic N) is 2. The van der Waals surface area contributed by atoms with Gasteiger partial charge in [0.25, 0.3) is 0 Å². The number of hydrogen-bond acceptors (Lipinski definition) is 6. The minimum Gasteiger partial charge on any atom is -0.357 e. The molecular weight excluding hydrogens is 464 g/mol. The highest BCUT2D eigenvalue weighted by molar-refractivity contribution is 6.01. The largest absolute Gasteiger partial charge is 0.357 e. The molecule has 0 aliphatic heterocycles. The summed E-state index contributed by atoms with van der Waals surface area (Å²) in [5.74, 6) is -1.61. The number of amides is 6. The van der Waals surface area contributed by atoms with Crippen LogP contribution in [0.5, 0.6) is 0 Å². The Morgan fingerprint density at radius 1 is 0.722 bits per heavy atom. The predicted octanol–water partition coefficient (Wildman–Crippen LogP) is 0.937. The minimum atomic E-state index is -1.01. The van der Waals surface area contributed by atoms with Crippen LogP contribution in [0, 0.1) is 17.8 Å². The topological polar surface area (TPSA) is 140 Å². The van der Waals surface area contributed by atoms with Gasteiger partial charge in [-0.05, 0) is 44.6 Å². The minimum absolute atomic E-state index is 0.172. The van der Waals surface area contributed by atoms with Gasteiger partial charge in [0, 0.05) is 21.1 Å². The van der Waals surface area contributed by atoms with Gasteiger partial charge in [0.15, 0.2) is 0 Å². The first-order valence-corrected chi connectivity index (χ1v) is 12.6. The van der Waals surface area contributed by atoms with E-state index in [9.17, 15) is 24.0 Å². The molecule has 0 aromatic rings. The van der Waals surface area contributed by atoms with Crippen molar-refractivity contribution in [1.82, 2.24) is 31.1 Å². The van der Waals surface area contributed by atoms with Crippen molar-refractivity contribution in [2.45, 2.75) is 85.5 Å². The Morgan fingerprint density at radius 2 is 1.25 bits per heavy atom. The molecule has 0 aliphatic carbocycles. The lowest BCUT2D eigenvalue weighted by molar-refractivity contribution is -0.143. The SMILES string of the molecule is CNC(=O)[C@@H](CC(C)C)N(C)C(=O)[C@@H](C(C)C)N(C)C(=O)N[C@H](C)C(=O)NC(=O)[C@H](CC(C)C)NC. The summed E-state index contributed by atoms with van der Waals surface area (Å²) in [4.78, 5) is 66.5. The Bertz CT molecular complexity index is 770. The maximum Gasteiger partial charge on any atom is 0.318 e. The van der Waals surface area contributed by atoms with Gasteiger partial charge in [0.05, 0.1) is 6.04 Å². The van der Waals surface area contributed by atoms with E-state index in [4.69, 9.17) is 0 Å². The summed E-state index contributed by atoms with van der Waals surface area (Å²) >= 11 is 0. The number of carbonyl (C=O) groups is 5. The molecule has 0 bridgehead atoms. The fourth-order valence-corrected chi connectivity index (χ4v) is 3.94. The van der Waals surface area contributed by atoms with Crippen molar-refractivity contribution >= 4 is 29.7 Å². The predicted molar refractivity (Wildman–Crippen MR) is 140 cm³/mol. The maximum atomic E-state index is 13.4. The quantitative estimate of drug-likeness (QED) is 0.290. The molecule has 0 spiro atoms. The summed E-state index contributed by atoms with van der Waals surface area (Å²) < 4.78 is 0. The van der Waals surface area contributed by atoms with Crippen LogP contribution in [-0.4, -0.2) is 91.8 Å². The monoisotopic (exact) mass is 512 g/mol. The Hall–Kier alpha value is -2.69. The second-order valence-corrected chi connectivity index (χ2v) is 10.5.